The summed E-state index contributed by atoms with van der Waals surface area (Å²) in [6, 6.07) is 6.28. The van der Waals surface area contributed by atoms with E-state index >= 15 is 0 Å². The highest BCUT2D eigenvalue weighted by Crippen LogP contribution is 2.33. The first-order valence-electron chi connectivity index (χ1n) is 9.59. The molecule has 0 amide bonds. The number of pyridine rings is 1. The summed E-state index contributed by atoms with van der Waals surface area (Å²) in [5, 5.41) is 12.2. The van der Waals surface area contributed by atoms with Crippen LogP contribution in [0.15, 0.2) is 35.1 Å². The summed E-state index contributed by atoms with van der Waals surface area (Å²) in [6.07, 6.45) is 8.14. The quantitative estimate of drug-likeness (QED) is 0.646. The summed E-state index contributed by atoms with van der Waals surface area (Å²) in [5.41, 5.74) is 0.894. The first-order chi connectivity index (χ1) is 13.8. The Bertz CT molecular complexity index is 976. The third kappa shape index (κ3) is 3.56. The van der Waals surface area contributed by atoms with E-state index in [-0.39, 0.29) is 12.1 Å². The standard InChI is InChI=1S/C19H21BrN6O2/c20-15-9-21-19(23-18(15)28-14-10-27-11-14)22-13-5-3-4-12(8-13)17-25-24-16-6-1-2-7-26(16)17/h1-2,6-7,9,12-14H,3-5,8,10-11H2,(H,21,22,23)/t12-,13+/m0/s1. The number of anilines is 1. The fourth-order valence-electron chi connectivity index (χ4n) is 3.82. The molecule has 8 nitrogen and oxygen atoms in total. The van der Waals surface area contributed by atoms with Gasteiger partial charge in [-0.3, -0.25) is 4.40 Å². The lowest BCUT2D eigenvalue weighted by molar-refractivity contribution is -0.0816. The van der Waals surface area contributed by atoms with Crippen LogP contribution in [0.3, 0.4) is 0 Å². The van der Waals surface area contributed by atoms with Crippen molar-refractivity contribution in [2.75, 3.05) is 18.5 Å². The molecule has 0 spiro atoms. The molecule has 0 aromatic carbocycles. The Labute approximate surface area is 170 Å². The molecule has 1 N–H and O–H groups in total. The fourth-order valence-corrected chi connectivity index (χ4v) is 4.10. The zero-order chi connectivity index (χ0) is 18.9. The van der Waals surface area contributed by atoms with Crippen LogP contribution in [0.5, 0.6) is 5.88 Å². The van der Waals surface area contributed by atoms with Crippen molar-refractivity contribution in [1.82, 2.24) is 24.6 Å². The van der Waals surface area contributed by atoms with Crippen LogP contribution in [-0.2, 0) is 4.74 Å². The maximum atomic E-state index is 5.85. The van der Waals surface area contributed by atoms with E-state index in [2.05, 4.69) is 45.8 Å². The van der Waals surface area contributed by atoms with Gasteiger partial charge in [-0.15, -0.1) is 10.2 Å². The number of hydrogen-bond acceptors (Lipinski definition) is 7. The topological polar surface area (TPSA) is 86.5 Å². The van der Waals surface area contributed by atoms with Crippen LogP contribution in [0.1, 0.15) is 37.4 Å². The normalized spacial score (nSPS) is 22.8. The smallest absolute Gasteiger partial charge is 0.233 e. The number of nitrogens with zero attached hydrogens (tertiary/aromatic N) is 5. The molecular weight excluding hydrogens is 424 g/mol. The van der Waals surface area contributed by atoms with Gasteiger partial charge >= 0.3 is 0 Å². The van der Waals surface area contributed by atoms with Gasteiger partial charge in [0.2, 0.25) is 11.8 Å². The third-order valence-electron chi connectivity index (χ3n) is 5.31. The lowest BCUT2D eigenvalue weighted by atomic mass is 9.85. The minimum atomic E-state index is 0.0688. The van der Waals surface area contributed by atoms with Crippen molar-refractivity contribution in [2.45, 2.75) is 43.7 Å². The minimum Gasteiger partial charge on any atom is -0.468 e. The summed E-state index contributed by atoms with van der Waals surface area (Å²) in [5.74, 6) is 2.55. The van der Waals surface area contributed by atoms with E-state index in [0.29, 0.717) is 31.0 Å². The predicted molar refractivity (Wildman–Crippen MR) is 107 cm³/mol. The Morgan fingerprint density at radius 3 is 3.00 bits per heavy atom. The summed E-state index contributed by atoms with van der Waals surface area (Å²) < 4.78 is 13.9. The second kappa shape index (κ2) is 7.63. The van der Waals surface area contributed by atoms with Crippen molar-refractivity contribution in [3.63, 3.8) is 0 Å². The first kappa shape index (κ1) is 17.8. The Morgan fingerprint density at radius 2 is 2.14 bits per heavy atom. The van der Waals surface area contributed by atoms with Gasteiger partial charge in [-0.2, -0.15) is 4.98 Å². The van der Waals surface area contributed by atoms with E-state index in [1.807, 2.05) is 24.4 Å². The Morgan fingerprint density at radius 1 is 1.21 bits per heavy atom. The molecule has 0 radical (unpaired) electrons. The molecule has 9 heteroatoms. The molecule has 1 saturated carbocycles. The monoisotopic (exact) mass is 444 g/mol. The molecular formula is C19H21BrN6O2. The van der Waals surface area contributed by atoms with Gasteiger partial charge in [0.05, 0.1) is 23.9 Å². The van der Waals surface area contributed by atoms with E-state index in [4.69, 9.17) is 9.47 Å². The lowest BCUT2D eigenvalue weighted by Crippen LogP contribution is -2.39. The van der Waals surface area contributed by atoms with Gasteiger partial charge in [-0.1, -0.05) is 12.5 Å². The minimum absolute atomic E-state index is 0.0688. The highest BCUT2D eigenvalue weighted by Gasteiger charge is 2.28. The predicted octanol–water partition coefficient (Wildman–Crippen LogP) is 3.20. The lowest BCUT2D eigenvalue weighted by Gasteiger charge is -2.29. The summed E-state index contributed by atoms with van der Waals surface area (Å²) in [7, 11) is 0. The van der Waals surface area contributed by atoms with Gasteiger partial charge in [-0.25, -0.2) is 4.98 Å². The highest BCUT2D eigenvalue weighted by molar-refractivity contribution is 9.10. The van der Waals surface area contributed by atoms with Crippen LogP contribution in [-0.4, -0.2) is 49.9 Å². The van der Waals surface area contributed by atoms with Crippen LogP contribution in [0.4, 0.5) is 5.95 Å². The molecule has 28 heavy (non-hydrogen) atoms. The summed E-state index contributed by atoms with van der Waals surface area (Å²) in [6.45, 7) is 1.21. The zero-order valence-electron chi connectivity index (χ0n) is 15.3. The molecule has 2 aliphatic rings. The van der Waals surface area contributed by atoms with Gasteiger partial charge in [-0.05, 0) is 47.3 Å². The molecule has 2 fully saturated rings. The van der Waals surface area contributed by atoms with E-state index < -0.39 is 0 Å². The van der Waals surface area contributed by atoms with Crippen molar-refractivity contribution < 1.29 is 9.47 Å². The van der Waals surface area contributed by atoms with Crippen molar-refractivity contribution in [3.8, 4) is 5.88 Å². The fraction of sp³-hybridized carbons (Fsp3) is 0.474. The van der Waals surface area contributed by atoms with Crippen LogP contribution < -0.4 is 10.1 Å². The van der Waals surface area contributed by atoms with Gasteiger partial charge in [0, 0.05) is 18.2 Å². The van der Waals surface area contributed by atoms with E-state index in [1.165, 1.54) is 0 Å². The van der Waals surface area contributed by atoms with Gasteiger partial charge in [0.1, 0.15) is 11.9 Å². The van der Waals surface area contributed by atoms with Crippen LogP contribution in [0.2, 0.25) is 0 Å². The van der Waals surface area contributed by atoms with Crippen molar-refractivity contribution in [1.29, 1.82) is 0 Å². The molecule has 1 aliphatic carbocycles. The number of rotatable bonds is 5. The van der Waals surface area contributed by atoms with Crippen molar-refractivity contribution >= 4 is 27.5 Å². The second-order valence-corrected chi connectivity index (χ2v) is 8.17. The number of ether oxygens (including phenoxy) is 2. The van der Waals surface area contributed by atoms with E-state index in [9.17, 15) is 0 Å². The van der Waals surface area contributed by atoms with Gasteiger partial charge < -0.3 is 14.8 Å². The maximum absolute atomic E-state index is 5.85. The molecule has 0 unspecified atom stereocenters. The maximum Gasteiger partial charge on any atom is 0.233 e. The van der Waals surface area contributed by atoms with Gasteiger partial charge in [0.25, 0.3) is 0 Å². The average Bonchev–Trinajstić information content (AvgIpc) is 3.11. The molecule has 0 bridgehead atoms. The van der Waals surface area contributed by atoms with Crippen molar-refractivity contribution in [2.24, 2.45) is 0 Å². The Hall–Kier alpha value is -2.26. The molecule has 2 atom stereocenters. The van der Waals surface area contributed by atoms with Crippen LogP contribution >= 0.6 is 15.9 Å². The van der Waals surface area contributed by atoms with Gasteiger partial charge in [0.15, 0.2) is 5.65 Å². The molecule has 1 aliphatic heterocycles. The first-order valence-corrected chi connectivity index (χ1v) is 10.4. The summed E-state index contributed by atoms with van der Waals surface area (Å²) >= 11 is 3.46. The average molecular weight is 445 g/mol. The van der Waals surface area contributed by atoms with E-state index in [1.54, 1.807) is 6.20 Å². The molecule has 4 heterocycles. The Kier molecular flexibility index (Phi) is 4.86. The van der Waals surface area contributed by atoms with E-state index in [0.717, 1.165) is 41.6 Å². The molecule has 3 aromatic heterocycles. The second-order valence-electron chi connectivity index (χ2n) is 7.32. The molecule has 5 rings (SSSR count). The van der Waals surface area contributed by atoms with Crippen LogP contribution in [0.25, 0.3) is 5.65 Å². The summed E-state index contributed by atoms with van der Waals surface area (Å²) in [4.78, 5) is 8.95. The number of halogens is 1. The Balaban J connectivity index is 1.30. The van der Waals surface area contributed by atoms with Crippen molar-refractivity contribution in [3.05, 3.63) is 40.9 Å². The highest BCUT2D eigenvalue weighted by atomic mass is 79.9. The SMILES string of the molecule is Brc1cnc(N[C@@H]2CCC[C@H](c3nnc4ccccn34)C2)nc1OC1COC1. The third-order valence-corrected chi connectivity index (χ3v) is 5.85. The number of nitrogens with one attached hydrogen (secondary N) is 1. The molecule has 1 saturated heterocycles. The number of hydrogen-bond donors (Lipinski definition) is 1. The number of fused-ring (bicyclic) bond motifs is 1. The van der Waals surface area contributed by atoms with Crippen LogP contribution in [0, 0.1) is 0 Å². The molecule has 146 valence electrons. The number of aromatic nitrogens is 5. The zero-order valence-corrected chi connectivity index (χ0v) is 16.9. The molecule has 3 aromatic rings. The largest absolute Gasteiger partial charge is 0.468 e.